The van der Waals surface area contributed by atoms with Crippen LogP contribution in [0.1, 0.15) is 22.7 Å². The Hall–Kier alpha value is -1.36. The zero-order chi connectivity index (χ0) is 9.42. The summed E-state index contributed by atoms with van der Waals surface area (Å²) in [6.07, 6.45) is 2.27. The van der Waals surface area contributed by atoms with E-state index in [1.165, 1.54) is 6.20 Å². The molecule has 5 nitrogen and oxygen atoms in total. The summed E-state index contributed by atoms with van der Waals surface area (Å²) in [5, 5.41) is 18.1. The van der Waals surface area contributed by atoms with Crippen molar-refractivity contribution < 1.29 is 15.0 Å². The molecule has 0 amide bonds. The number of carboxylic acids is 1. The Morgan fingerprint density at radius 3 is 3.15 bits per heavy atom. The fourth-order valence-electron chi connectivity index (χ4n) is 1.62. The van der Waals surface area contributed by atoms with Crippen molar-refractivity contribution in [2.75, 3.05) is 0 Å². The van der Waals surface area contributed by atoms with Crippen LogP contribution in [0.2, 0.25) is 0 Å². The summed E-state index contributed by atoms with van der Waals surface area (Å²) in [7, 11) is 0. The molecule has 1 aliphatic heterocycles. The largest absolute Gasteiger partial charge is 0.475 e. The van der Waals surface area contributed by atoms with Gasteiger partial charge in [-0.05, 0) is 6.42 Å². The number of carboxylic acid groups (broad SMARTS) is 1. The Balaban J connectivity index is 2.39. The van der Waals surface area contributed by atoms with Crippen molar-refractivity contribution in [2.45, 2.75) is 25.5 Å². The second-order valence-corrected chi connectivity index (χ2v) is 3.18. The van der Waals surface area contributed by atoms with Crippen LogP contribution in [-0.2, 0) is 13.0 Å². The Morgan fingerprint density at radius 1 is 1.69 bits per heavy atom. The van der Waals surface area contributed by atoms with Crippen LogP contribution in [0.4, 0.5) is 0 Å². The molecule has 13 heavy (non-hydrogen) atoms. The minimum atomic E-state index is -1.01. The molecule has 0 radical (unpaired) electrons. The van der Waals surface area contributed by atoms with E-state index in [4.69, 9.17) is 5.11 Å². The van der Waals surface area contributed by atoms with Crippen molar-refractivity contribution >= 4 is 5.97 Å². The van der Waals surface area contributed by atoms with Crippen LogP contribution >= 0.6 is 0 Å². The summed E-state index contributed by atoms with van der Waals surface area (Å²) in [5.74, 6) is -0.940. The quantitative estimate of drug-likeness (QED) is 0.635. The molecule has 0 aliphatic carbocycles. The van der Waals surface area contributed by atoms with Crippen molar-refractivity contribution in [2.24, 2.45) is 0 Å². The highest BCUT2D eigenvalue weighted by molar-refractivity contribution is 5.83. The van der Waals surface area contributed by atoms with Gasteiger partial charge in [0.25, 0.3) is 0 Å². The number of carbonyl (C=O) groups is 1. The van der Waals surface area contributed by atoms with Crippen molar-refractivity contribution in [3.05, 3.63) is 17.7 Å². The van der Waals surface area contributed by atoms with Crippen LogP contribution in [0, 0.1) is 0 Å². The van der Waals surface area contributed by atoms with Crippen molar-refractivity contribution in [1.29, 1.82) is 0 Å². The number of aliphatic hydroxyl groups excluding tert-OH is 1. The Morgan fingerprint density at radius 2 is 2.46 bits per heavy atom. The van der Waals surface area contributed by atoms with E-state index in [1.54, 1.807) is 4.57 Å². The predicted octanol–water partition coefficient (Wildman–Crippen LogP) is -0.112. The highest BCUT2D eigenvalue weighted by Gasteiger charge is 2.22. The normalized spacial score (nSPS) is 21.2. The van der Waals surface area contributed by atoms with Crippen LogP contribution in [0.25, 0.3) is 0 Å². The third-order valence-corrected chi connectivity index (χ3v) is 2.26. The smallest absolute Gasteiger partial charge is 0.372 e. The van der Waals surface area contributed by atoms with E-state index < -0.39 is 5.97 Å². The van der Waals surface area contributed by atoms with Gasteiger partial charge >= 0.3 is 5.97 Å². The second kappa shape index (κ2) is 2.85. The average Bonchev–Trinajstić information content (AvgIpc) is 2.46. The van der Waals surface area contributed by atoms with Crippen LogP contribution in [0.5, 0.6) is 0 Å². The summed E-state index contributed by atoms with van der Waals surface area (Å²) in [4.78, 5) is 14.5. The predicted molar refractivity (Wildman–Crippen MR) is 43.5 cm³/mol. The molecule has 0 fully saturated rings. The van der Waals surface area contributed by atoms with Crippen molar-refractivity contribution in [3.8, 4) is 0 Å². The molecule has 1 atom stereocenters. The van der Waals surface area contributed by atoms with Crippen LogP contribution in [0.3, 0.4) is 0 Å². The molecule has 0 bridgehead atoms. The third-order valence-electron chi connectivity index (χ3n) is 2.26. The minimum absolute atomic E-state index is 0.0712. The molecule has 0 saturated carbocycles. The van der Waals surface area contributed by atoms with Crippen molar-refractivity contribution in [3.63, 3.8) is 0 Å². The molecular weight excluding hydrogens is 172 g/mol. The fraction of sp³-hybridized carbons (Fsp3) is 0.500. The molecule has 70 valence electrons. The molecule has 0 saturated heterocycles. The van der Waals surface area contributed by atoms with Crippen molar-refractivity contribution in [1.82, 2.24) is 9.55 Å². The molecule has 1 aromatic rings. The fourth-order valence-corrected chi connectivity index (χ4v) is 1.62. The van der Waals surface area contributed by atoms with Gasteiger partial charge in [0, 0.05) is 24.9 Å². The topological polar surface area (TPSA) is 75.3 Å². The van der Waals surface area contributed by atoms with Gasteiger partial charge in [0.2, 0.25) is 5.82 Å². The van der Waals surface area contributed by atoms with Crippen LogP contribution < -0.4 is 0 Å². The lowest BCUT2D eigenvalue weighted by molar-refractivity contribution is 0.0671. The van der Waals surface area contributed by atoms with E-state index in [2.05, 4.69) is 4.98 Å². The van der Waals surface area contributed by atoms with Gasteiger partial charge in [-0.3, -0.25) is 0 Å². The molecule has 1 unspecified atom stereocenters. The van der Waals surface area contributed by atoms with Gasteiger partial charge in [-0.15, -0.1) is 0 Å². The zero-order valence-corrected chi connectivity index (χ0v) is 6.97. The second-order valence-electron chi connectivity index (χ2n) is 3.18. The number of hydrogen-bond donors (Lipinski definition) is 2. The molecule has 5 heteroatoms. The summed E-state index contributed by atoms with van der Waals surface area (Å²) in [5.41, 5.74) is 0.802. The lowest BCUT2D eigenvalue weighted by atomic mass is 10.1. The standard InChI is InChI=1S/C8H10N2O3/c11-6-1-2-10-5(3-6)4-9-7(10)8(12)13/h4,6,11H,1-3H2,(H,12,13). The first-order valence-electron chi connectivity index (χ1n) is 4.14. The molecular formula is C8H10N2O3. The van der Waals surface area contributed by atoms with E-state index in [0.29, 0.717) is 19.4 Å². The van der Waals surface area contributed by atoms with E-state index in [0.717, 1.165) is 5.69 Å². The maximum absolute atomic E-state index is 10.7. The molecule has 0 aromatic carbocycles. The highest BCUT2D eigenvalue weighted by atomic mass is 16.4. The maximum atomic E-state index is 10.7. The summed E-state index contributed by atoms with van der Waals surface area (Å²) >= 11 is 0. The molecule has 1 aromatic heterocycles. The Labute approximate surface area is 74.6 Å². The highest BCUT2D eigenvalue weighted by Crippen LogP contribution is 2.16. The van der Waals surface area contributed by atoms with E-state index in [-0.39, 0.29) is 11.9 Å². The summed E-state index contributed by atoms with van der Waals surface area (Å²) in [6, 6.07) is 0. The van der Waals surface area contributed by atoms with Gasteiger partial charge in [0.05, 0.1) is 6.10 Å². The van der Waals surface area contributed by atoms with Gasteiger partial charge in [-0.25, -0.2) is 9.78 Å². The first-order chi connectivity index (χ1) is 6.18. The van der Waals surface area contributed by atoms with E-state index >= 15 is 0 Å². The molecule has 1 aliphatic rings. The monoisotopic (exact) mass is 182 g/mol. The van der Waals surface area contributed by atoms with E-state index in [1.807, 2.05) is 0 Å². The summed E-state index contributed by atoms with van der Waals surface area (Å²) < 4.78 is 1.65. The van der Waals surface area contributed by atoms with Crippen LogP contribution in [0.15, 0.2) is 6.20 Å². The minimum Gasteiger partial charge on any atom is -0.475 e. The third kappa shape index (κ3) is 1.31. The Kier molecular flexibility index (Phi) is 1.81. The molecule has 2 N–H and O–H groups in total. The molecule has 2 heterocycles. The van der Waals surface area contributed by atoms with Gasteiger partial charge < -0.3 is 14.8 Å². The number of aromatic nitrogens is 2. The van der Waals surface area contributed by atoms with Crippen LogP contribution in [-0.4, -0.2) is 31.8 Å². The van der Waals surface area contributed by atoms with Gasteiger partial charge in [0.1, 0.15) is 0 Å². The summed E-state index contributed by atoms with van der Waals surface area (Å²) in [6.45, 7) is 0.540. The first kappa shape index (κ1) is 8.25. The molecule has 2 rings (SSSR count). The first-order valence-corrected chi connectivity index (χ1v) is 4.14. The Bertz CT molecular complexity index is 345. The molecule has 0 spiro atoms. The lowest BCUT2D eigenvalue weighted by Gasteiger charge is -2.19. The SMILES string of the molecule is O=C(O)c1ncc2n1CCC(O)C2. The number of aromatic carboxylic acids is 1. The number of hydrogen-bond acceptors (Lipinski definition) is 3. The number of imidazole rings is 1. The number of rotatable bonds is 1. The van der Waals surface area contributed by atoms with Gasteiger partial charge in [-0.1, -0.05) is 0 Å². The average molecular weight is 182 g/mol. The van der Waals surface area contributed by atoms with E-state index in [9.17, 15) is 9.90 Å². The number of fused-ring (bicyclic) bond motifs is 1. The number of nitrogens with zero attached hydrogens (tertiary/aromatic N) is 2. The van der Waals surface area contributed by atoms with Gasteiger partial charge in [-0.2, -0.15) is 0 Å². The zero-order valence-electron chi connectivity index (χ0n) is 6.97. The number of aliphatic hydroxyl groups is 1. The maximum Gasteiger partial charge on any atom is 0.372 e. The lowest BCUT2D eigenvalue weighted by Crippen LogP contribution is -2.24. The van der Waals surface area contributed by atoms with Gasteiger partial charge in [0.15, 0.2) is 0 Å².